The molecule has 0 aliphatic heterocycles. The Hall–Kier alpha value is -1.93. The molecule has 84 valence electrons. The Morgan fingerprint density at radius 1 is 1.41 bits per heavy atom. The Balaban J connectivity index is 2.18. The first-order chi connectivity index (χ1) is 8.20. The van der Waals surface area contributed by atoms with Gasteiger partial charge in [0.05, 0.1) is 6.54 Å². The van der Waals surface area contributed by atoms with Crippen molar-refractivity contribution in [3.05, 3.63) is 52.5 Å². The number of hydrogen-bond acceptors (Lipinski definition) is 3. The van der Waals surface area contributed by atoms with Crippen LogP contribution >= 0.6 is 15.9 Å². The van der Waals surface area contributed by atoms with Gasteiger partial charge >= 0.3 is 0 Å². The highest BCUT2D eigenvalue weighted by molar-refractivity contribution is 9.10. The molecule has 1 aromatic carbocycles. The van der Waals surface area contributed by atoms with Crippen LogP contribution in [0.25, 0.3) is 0 Å². The number of imidazole rings is 1. The molecular weight excluding hydrogens is 282 g/mol. The molecule has 0 fully saturated rings. The Morgan fingerprint density at radius 2 is 2.12 bits per heavy atom. The van der Waals surface area contributed by atoms with Crippen LogP contribution in [0.5, 0.6) is 0 Å². The van der Waals surface area contributed by atoms with Gasteiger partial charge in [-0.05, 0) is 12.1 Å². The van der Waals surface area contributed by atoms with E-state index in [9.17, 15) is 4.79 Å². The van der Waals surface area contributed by atoms with Crippen molar-refractivity contribution in [3.8, 4) is 6.07 Å². The third-order valence-corrected chi connectivity index (χ3v) is 2.82. The number of halogens is 1. The van der Waals surface area contributed by atoms with E-state index in [0.717, 1.165) is 4.47 Å². The second-order valence-corrected chi connectivity index (χ2v) is 4.34. The van der Waals surface area contributed by atoms with E-state index in [1.807, 2.05) is 18.2 Å². The van der Waals surface area contributed by atoms with Crippen molar-refractivity contribution in [2.75, 3.05) is 0 Å². The van der Waals surface area contributed by atoms with Gasteiger partial charge in [-0.15, -0.1) is 0 Å². The molecule has 0 aliphatic rings. The van der Waals surface area contributed by atoms with Crippen LogP contribution in [0, 0.1) is 11.3 Å². The Labute approximate surface area is 107 Å². The zero-order valence-electron chi connectivity index (χ0n) is 8.80. The third kappa shape index (κ3) is 2.60. The Morgan fingerprint density at radius 3 is 2.76 bits per heavy atom. The van der Waals surface area contributed by atoms with Crippen LogP contribution < -0.4 is 0 Å². The van der Waals surface area contributed by atoms with Gasteiger partial charge in [-0.25, -0.2) is 4.98 Å². The number of rotatable bonds is 3. The number of carbonyl (C=O) groups excluding carboxylic acids is 1. The van der Waals surface area contributed by atoms with Gasteiger partial charge in [-0.2, -0.15) is 5.26 Å². The van der Waals surface area contributed by atoms with E-state index in [0.29, 0.717) is 5.56 Å². The van der Waals surface area contributed by atoms with E-state index in [2.05, 4.69) is 20.9 Å². The maximum atomic E-state index is 11.9. The maximum Gasteiger partial charge on any atom is 0.213 e. The molecule has 1 aromatic heterocycles. The molecule has 0 N–H and O–H groups in total. The van der Waals surface area contributed by atoms with Crippen LogP contribution in [-0.2, 0) is 6.54 Å². The number of Topliss-reactive ketones (excluding diaryl/α,β-unsaturated/α-hetero) is 1. The second kappa shape index (κ2) is 4.93. The summed E-state index contributed by atoms with van der Waals surface area (Å²) in [5, 5.41) is 8.78. The van der Waals surface area contributed by atoms with Gasteiger partial charge in [0.25, 0.3) is 0 Å². The van der Waals surface area contributed by atoms with Crippen molar-refractivity contribution in [1.82, 2.24) is 9.55 Å². The first-order valence-corrected chi connectivity index (χ1v) is 5.70. The predicted octanol–water partition coefficient (Wildman–Crippen LogP) is 2.40. The number of aromatic nitrogens is 2. The fourth-order valence-electron chi connectivity index (χ4n) is 1.43. The zero-order valence-corrected chi connectivity index (χ0v) is 10.4. The van der Waals surface area contributed by atoms with Crippen LogP contribution in [-0.4, -0.2) is 15.3 Å². The molecule has 0 atom stereocenters. The summed E-state index contributed by atoms with van der Waals surface area (Å²) in [5.74, 6) is 0.197. The number of carbonyl (C=O) groups is 1. The number of benzene rings is 1. The molecule has 17 heavy (non-hydrogen) atoms. The van der Waals surface area contributed by atoms with Gasteiger partial charge in [0, 0.05) is 22.4 Å². The van der Waals surface area contributed by atoms with Gasteiger partial charge in [0.1, 0.15) is 6.07 Å². The zero-order chi connectivity index (χ0) is 12.3. The van der Waals surface area contributed by atoms with Crippen molar-refractivity contribution >= 4 is 21.7 Å². The smallest absolute Gasteiger partial charge is 0.213 e. The predicted molar refractivity (Wildman–Crippen MR) is 65.4 cm³/mol. The first kappa shape index (κ1) is 11.6. The van der Waals surface area contributed by atoms with Crippen molar-refractivity contribution in [3.63, 3.8) is 0 Å². The molecule has 0 amide bonds. The van der Waals surface area contributed by atoms with E-state index >= 15 is 0 Å². The number of ketones is 1. The highest BCUT2D eigenvalue weighted by atomic mass is 79.9. The molecule has 0 unspecified atom stereocenters. The summed E-state index contributed by atoms with van der Waals surface area (Å²) in [6, 6.07) is 9.05. The van der Waals surface area contributed by atoms with Crippen molar-refractivity contribution in [2.45, 2.75) is 6.54 Å². The van der Waals surface area contributed by atoms with Gasteiger partial charge in [-0.3, -0.25) is 4.79 Å². The number of nitrogens with zero attached hydrogens (tertiary/aromatic N) is 3. The number of hydrogen-bond donors (Lipinski definition) is 0. The van der Waals surface area contributed by atoms with Crippen LogP contribution in [0.1, 0.15) is 16.2 Å². The monoisotopic (exact) mass is 289 g/mol. The molecule has 0 saturated heterocycles. The minimum Gasteiger partial charge on any atom is -0.315 e. The van der Waals surface area contributed by atoms with Gasteiger partial charge in [-0.1, -0.05) is 28.1 Å². The summed E-state index contributed by atoms with van der Waals surface area (Å²) < 4.78 is 2.46. The topological polar surface area (TPSA) is 58.7 Å². The molecule has 0 saturated carbocycles. The van der Waals surface area contributed by atoms with E-state index < -0.39 is 0 Å². The summed E-state index contributed by atoms with van der Waals surface area (Å²) in [6.45, 7) is 0.129. The summed E-state index contributed by atoms with van der Waals surface area (Å²) in [7, 11) is 0. The summed E-state index contributed by atoms with van der Waals surface area (Å²) in [4.78, 5) is 15.8. The quantitative estimate of drug-likeness (QED) is 0.815. The minimum absolute atomic E-state index is 0.0491. The SMILES string of the molecule is N#Cc1nccn1CC(=O)c1ccc(Br)cc1. The van der Waals surface area contributed by atoms with Crippen molar-refractivity contribution in [1.29, 1.82) is 5.26 Å². The fourth-order valence-corrected chi connectivity index (χ4v) is 1.70. The average Bonchev–Trinajstić information content (AvgIpc) is 2.77. The summed E-state index contributed by atoms with van der Waals surface area (Å²) >= 11 is 3.31. The first-order valence-electron chi connectivity index (χ1n) is 4.90. The van der Waals surface area contributed by atoms with Crippen molar-refractivity contribution < 1.29 is 4.79 Å². The molecule has 0 spiro atoms. The lowest BCUT2D eigenvalue weighted by Gasteiger charge is -2.03. The molecule has 2 rings (SSSR count). The van der Waals surface area contributed by atoms with Crippen LogP contribution in [0.2, 0.25) is 0 Å². The summed E-state index contributed by atoms with van der Waals surface area (Å²) in [5.41, 5.74) is 0.616. The van der Waals surface area contributed by atoms with Gasteiger partial charge < -0.3 is 4.57 Å². The normalized spacial score (nSPS) is 9.88. The highest BCUT2D eigenvalue weighted by Gasteiger charge is 2.09. The molecule has 1 heterocycles. The van der Waals surface area contributed by atoms with E-state index in [-0.39, 0.29) is 18.2 Å². The standard InChI is InChI=1S/C12H8BrN3O/c13-10-3-1-9(2-4-10)11(17)8-16-6-5-15-12(16)7-14/h1-6H,8H2. The largest absolute Gasteiger partial charge is 0.315 e. The second-order valence-electron chi connectivity index (χ2n) is 3.42. The minimum atomic E-state index is -0.0491. The molecule has 2 aromatic rings. The molecule has 0 aliphatic carbocycles. The van der Waals surface area contributed by atoms with E-state index in [1.54, 1.807) is 18.3 Å². The van der Waals surface area contributed by atoms with Crippen LogP contribution in [0.3, 0.4) is 0 Å². The molecule has 0 bridgehead atoms. The van der Waals surface area contributed by atoms with E-state index in [4.69, 9.17) is 5.26 Å². The highest BCUT2D eigenvalue weighted by Crippen LogP contribution is 2.11. The lowest BCUT2D eigenvalue weighted by atomic mass is 10.1. The van der Waals surface area contributed by atoms with Crippen molar-refractivity contribution in [2.24, 2.45) is 0 Å². The lowest BCUT2D eigenvalue weighted by Crippen LogP contribution is -2.11. The third-order valence-electron chi connectivity index (χ3n) is 2.30. The van der Waals surface area contributed by atoms with Crippen LogP contribution in [0.15, 0.2) is 41.1 Å². The fraction of sp³-hybridized carbons (Fsp3) is 0.0833. The van der Waals surface area contributed by atoms with Gasteiger partial charge in [0.15, 0.2) is 5.78 Å². The molecule has 5 heteroatoms. The van der Waals surface area contributed by atoms with Crippen LogP contribution in [0.4, 0.5) is 0 Å². The Bertz CT molecular complexity index is 581. The average molecular weight is 290 g/mol. The lowest BCUT2D eigenvalue weighted by molar-refractivity contribution is 0.0971. The maximum absolute atomic E-state index is 11.9. The number of nitriles is 1. The van der Waals surface area contributed by atoms with Gasteiger partial charge in [0.2, 0.25) is 5.82 Å². The molecular formula is C12H8BrN3O. The van der Waals surface area contributed by atoms with E-state index in [1.165, 1.54) is 10.8 Å². The summed E-state index contributed by atoms with van der Waals surface area (Å²) in [6.07, 6.45) is 3.13. The molecule has 0 radical (unpaired) electrons. The Kier molecular flexibility index (Phi) is 3.35. The molecule has 4 nitrogen and oxygen atoms in total.